The molecule has 3 rings (SSSR count). The van der Waals surface area contributed by atoms with Gasteiger partial charge in [0.2, 0.25) is 12.7 Å². The van der Waals surface area contributed by atoms with E-state index in [0.717, 1.165) is 63.4 Å². The van der Waals surface area contributed by atoms with Gasteiger partial charge in [0.25, 0.3) is 0 Å². The van der Waals surface area contributed by atoms with E-state index in [1.54, 1.807) is 0 Å². The SMILES string of the molecule is CCCCN(C)C(=O)C1CCN(Cc2ccc3c(c2)OCO3)CC1.O=C(O)C(=O)O. The molecule has 0 bridgehead atoms. The van der Waals surface area contributed by atoms with E-state index in [1.807, 2.05) is 18.0 Å². The number of likely N-dealkylation sites (tertiary alicyclic amines) is 1. The molecule has 9 nitrogen and oxygen atoms in total. The molecule has 0 saturated carbocycles. The highest BCUT2D eigenvalue weighted by atomic mass is 16.7. The van der Waals surface area contributed by atoms with Gasteiger partial charge in [0, 0.05) is 26.1 Å². The third-order valence-electron chi connectivity index (χ3n) is 5.19. The highest BCUT2D eigenvalue weighted by molar-refractivity contribution is 6.27. The topological polar surface area (TPSA) is 117 Å². The lowest BCUT2D eigenvalue weighted by Crippen LogP contribution is -2.41. The molecule has 2 N–H and O–H groups in total. The Hall–Kier alpha value is -2.81. The van der Waals surface area contributed by atoms with E-state index in [9.17, 15) is 4.79 Å². The fourth-order valence-corrected chi connectivity index (χ4v) is 3.45. The van der Waals surface area contributed by atoms with Crippen LogP contribution in [0.2, 0.25) is 0 Å². The second-order valence-corrected chi connectivity index (χ2v) is 7.46. The lowest BCUT2D eigenvalue weighted by molar-refractivity contribution is -0.159. The van der Waals surface area contributed by atoms with Gasteiger partial charge >= 0.3 is 11.9 Å². The molecule has 0 radical (unpaired) electrons. The average Bonchev–Trinajstić information content (AvgIpc) is 3.20. The molecule has 0 aromatic heterocycles. The summed E-state index contributed by atoms with van der Waals surface area (Å²) in [6.07, 6.45) is 4.14. The number of hydrogen-bond donors (Lipinski definition) is 2. The Kier molecular flexibility index (Phi) is 8.91. The van der Waals surface area contributed by atoms with Crippen LogP contribution in [0.5, 0.6) is 11.5 Å². The van der Waals surface area contributed by atoms with E-state index >= 15 is 0 Å². The fourth-order valence-electron chi connectivity index (χ4n) is 3.45. The summed E-state index contributed by atoms with van der Waals surface area (Å²) in [6, 6.07) is 6.15. The third-order valence-corrected chi connectivity index (χ3v) is 5.19. The van der Waals surface area contributed by atoms with Crippen LogP contribution in [-0.2, 0) is 20.9 Å². The molecule has 1 fully saturated rings. The summed E-state index contributed by atoms with van der Waals surface area (Å²) in [5, 5.41) is 14.8. The lowest BCUT2D eigenvalue weighted by atomic mass is 9.95. The zero-order chi connectivity index (χ0) is 22.1. The molecule has 2 heterocycles. The summed E-state index contributed by atoms with van der Waals surface area (Å²) in [4.78, 5) is 35.0. The van der Waals surface area contributed by atoms with Crippen molar-refractivity contribution in [3.05, 3.63) is 23.8 Å². The maximum atomic E-state index is 12.5. The minimum absolute atomic E-state index is 0.194. The monoisotopic (exact) mass is 422 g/mol. The van der Waals surface area contributed by atoms with Crippen molar-refractivity contribution in [1.29, 1.82) is 0 Å². The van der Waals surface area contributed by atoms with Crippen LogP contribution in [-0.4, -0.2) is 71.3 Å². The molecular formula is C21H30N2O7. The molecule has 30 heavy (non-hydrogen) atoms. The van der Waals surface area contributed by atoms with E-state index < -0.39 is 11.9 Å². The summed E-state index contributed by atoms with van der Waals surface area (Å²) in [6.45, 7) is 6.22. The molecule has 9 heteroatoms. The minimum atomic E-state index is -1.82. The van der Waals surface area contributed by atoms with Crippen molar-refractivity contribution in [2.45, 2.75) is 39.2 Å². The van der Waals surface area contributed by atoms with Crippen LogP contribution < -0.4 is 9.47 Å². The molecule has 1 amide bonds. The van der Waals surface area contributed by atoms with Gasteiger partial charge in [-0.15, -0.1) is 0 Å². The summed E-state index contributed by atoms with van der Waals surface area (Å²) < 4.78 is 10.8. The number of carbonyl (C=O) groups excluding carboxylic acids is 1. The number of piperidine rings is 1. The van der Waals surface area contributed by atoms with Crippen LogP contribution in [0.25, 0.3) is 0 Å². The first-order valence-corrected chi connectivity index (χ1v) is 10.1. The highest BCUT2D eigenvalue weighted by Gasteiger charge is 2.27. The van der Waals surface area contributed by atoms with Gasteiger partial charge in [-0.1, -0.05) is 19.4 Å². The maximum absolute atomic E-state index is 12.5. The largest absolute Gasteiger partial charge is 0.473 e. The Morgan fingerprint density at radius 1 is 1.10 bits per heavy atom. The molecule has 1 aromatic carbocycles. The van der Waals surface area contributed by atoms with Crippen LogP contribution in [0.4, 0.5) is 0 Å². The number of nitrogens with zero attached hydrogens (tertiary/aromatic N) is 2. The minimum Gasteiger partial charge on any atom is -0.473 e. The number of ether oxygens (including phenoxy) is 2. The van der Waals surface area contributed by atoms with Gasteiger partial charge in [0.1, 0.15) is 0 Å². The molecule has 0 unspecified atom stereocenters. The van der Waals surface area contributed by atoms with Crippen molar-refractivity contribution in [2.24, 2.45) is 5.92 Å². The van der Waals surface area contributed by atoms with Crippen molar-refractivity contribution in [3.8, 4) is 11.5 Å². The first kappa shape index (κ1) is 23.5. The normalized spacial score (nSPS) is 15.8. The second-order valence-electron chi connectivity index (χ2n) is 7.46. The number of unbranched alkanes of at least 4 members (excludes halogenated alkanes) is 1. The van der Waals surface area contributed by atoms with Crippen molar-refractivity contribution in [2.75, 3.05) is 33.5 Å². The van der Waals surface area contributed by atoms with Gasteiger partial charge in [0.15, 0.2) is 11.5 Å². The molecular weight excluding hydrogens is 392 g/mol. The van der Waals surface area contributed by atoms with Crippen LogP contribution in [0.1, 0.15) is 38.2 Å². The molecule has 2 aliphatic rings. The highest BCUT2D eigenvalue weighted by Crippen LogP contribution is 2.33. The smallest absolute Gasteiger partial charge is 0.414 e. The van der Waals surface area contributed by atoms with E-state index in [-0.39, 0.29) is 5.92 Å². The van der Waals surface area contributed by atoms with Crippen molar-refractivity contribution in [3.63, 3.8) is 0 Å². The number of aliphatic carboxylic acids is 2. The lowest BCUT2D eigenvalue weighted by Gasteiger charge is -2.33. The van der Waals surface area contributed by atoms with E-state index in [4.69, 9.17) is 29.3 Å². The van der Waals surface area contributed by atoms with Crippen LogP contribution in [0, 0.1) is 5.92 Å². The van der Waals surface area contributed by atoms with E-state index in [2.05, 4.69) is 24.0 Å². The average molecular weight is 422 g/mol. The fraction of sp³-hybridized carbons (Fsp3) is 0.571. The molecule has 0 aliphatic carbocycles. The molecule has 1 aromatic rings. The van der Waals surface area contributed by atoms with Gasteiger partial charge in [-0.3, -0.25) is 9.69 Å². The van der Waals surface area contributed by atoms with Crippen LogP contribution >= 0.6 is 0 Å². The summed E-state index contributed by atoms with van der Waals surface area (Å²) in [7, 11) is 1.94. The summed E-state index contributed by atoms with van der Waals surface area (Å²) >= 11 is 0. The Morgan fingerprint density at radius 3 is 2.33 bits per heavy atom. The van der Waals surface area contributed by atoms with Crippen LogP contribution in [0.15, 0.2) is 18.2 Å². The van der Waals surface area contributed by atoms with Gasteiger partial charge < -0.3 is 24.6 Å². The number of carboxylic acid groups (broad SMARTS) is 2. The zero-order valence-corrected chi connectivity index (χ0v) is 17.5. The Labute approximate surface area is 176 Å². The van der Waals surface area contributed by atoms with Gasteiger partial charge in [-0.05, 0) is 50.0 Å². The quantitative estimate of drug-likeness (QED) is 0.669. The number of rotatable bonds is 6. The number of benzene rings is 1. The molecule has 166 valence electrons. The van der Waals surface area contributed by atoms with Crippen molar-refractivity contribution in [1.82, 2.24) is 9.80 Å². The first-order chi connectivity index (χ1) is 14.3. The molecule has 1 saturated heterocycles. The second kappa shape index (κ2) is 11.4. The number of fused-ring (bicyclic) bond motifs is 1. The molecule has 2 aliphatic heterocycles. The Morgan fingerprint density at radius 2 is 1.73 bits per heavy atom. The first-order valence-electron chi connectivity index (χ1n) is 10.1. The van der Waals surface area contributed by atoms with Gasteiger partial charge in [-0.25, -0.2) is 9.59 Å². The summed E-state index contributed by atoms with van der Waals surface area (Å²) in [5.41, 5.74) is 1.24. The van der Waals surface area contributed by atoms with E-state index in [1.165, 1.54) is 5.56 Å². The Balaban J connectivity index is 0.000000469. The zero-order valence-electron chi connectivity index (χ0n) is 17.5. The molecule has 0 atom stereocenters. The van der Waals surface area contributed by atoms with Crippen LogP contribution in [0.3, 0.4) is 0 Å². The predicted octanol–water partition coefficient (Wildman–Crippen LogP) is 2.04. The predicted molar refractivity (Wildman–Crippen MR) is 108 cm³/mol. The van der Waals surface area contributed by atoms with Crippen molar-refractivity contribution >= 4 is 17.8 Å². The molecule has 0 spiro atoms. The van der Waals surface area contributed by atoms with Gasteiger partial charge in [-0.2, -0.15) is 0 Å². The van der Waals surface area contributed by atoms with E-state index in [0.29, 0.717) is 12.7 Å². The number of carbonyl (C=O) groups is 3. The Bertz CT molecular complexity index is 733. The number of hydrogen-bond acceptors (Lipinski definition) is 6. The third kappa shape index (κ3) is 6.91. The van der Waals surface area contributed by atoms with Crippen molar-refractivity contribution < 1.29 is 34.1 Å². The number of amides is 1. The maximum Gasteiger partial charge on any atom is 0.414 e. The standard InChI is InChI=1S/C19H28N2O3.C2H2O4/c1-3-4-9-20(2)19(22)16-7-10-21(11-8-16)13-15-5-6-17-18(12-15)24-14-23-17;3-1(4)2(5)6/h5-6,12,16H,3-4,7-11,13-14H2,1-2H3;(H,3,4)(H,5,6). The summed E-state index contributed by atoms with van der Waals surface area (Å²) in [5.74, 6) is -1.45. The number of carboxylic acids is 2. The van der Waals surface area contributed by atoms with Gasteiger partial charge in [0.05, 0.1) is 0 Å².